The largest absolute Gasteiger partial charge is 0.493 e. The summed E-state index contributed by atoms with van der Waals surface area (Å²) in [6.45, 7) is 2.19. The molecule has 210 valence electrons. The van der Waals surface area contributed by atoms with Crippen LogP contribution in [0.3, 0.4) is 0 Å². The average molecular weight is 654 g/mol. The molecule has 0 fully saturated rings. The van der Waals surface area contributed by atoms with E-state index in [1.807, 2.05) is 67.6 Å². The molecule has 0 saturated carbocycles. The van der Waals surface area contributed by atoms with Crippen LogP contribution >= 0.6 is 38.9 Å². The number of ether oxygens (including phenoxy) is 3. The Kier molecular flexibility index (Phi) is 8.77. The van der Waals surface area contributed by atoms with Crippen LogP contribution < -0.4 is 24.4 Å². The summed E-state index contributed by atoms with van der Waals surface area (Å²) in [7, 11) is 2.89. The van der Waals surface area contributed by atoms with E-state index >= 15 is 0 Å². The van der Waals surface area contributed by atoms with Gasteiger partial charge in [-0.3, -0.25) is 9.36 Å². The first-order chi connectivity index (χ1) is 19.9. The maximum Gasteiger partial charge on any atom is 0.338 e. The summed E-state index contributed by atoms with van der Waals surface area (Å²) in [4.78, 5) is 32.1. The fourth-order valence-corrected chi connectivity index (χ4v) is 6.48. The monoisotopic (exact) mass is 652 g/mol. The van der Waals surface area contributed by atoms with Crippen molar-refractivity contribution in [2.45, 2.75) is 26.0 Å². The normalized spacial score (nSPS) is 14.9. The Hall–Kier alpha value is -3.66. The molecule has 0 amide bonds. The summed E-state index contributed by atoms with van der Waals surface area (Å²) < 4.78 is 19.5. The van der Waals surface area contributed by atoms with Gasteiger partial charge in [-0.15, -0.1) is 0 Å². The Morgan fingerprint density at radius 2 is 1.85 bits per heavy atom. The quantitative estimate of drug-likeness (QED) is 0.225. The number of rotatable bonds is 8. The Bertz CT molecular complexity index is 1830. The number of carbonyl (C=O) groups excluding carboxylic acids is 1. The van der Waals surface area contributed by atoms with E-state index in [1.54, 1.807) is 23.8 Å². The Labute approximate surface area is 254 Å². The number of carbonyl (C=O) groups is 1. The molecule has 0 aliphatic carbocycles. The average Bonchev–Trinajstić information content (AvgIpc) is 3.30. The van der Waals surface area contributed by atoms with Gasteiger partial charge in [0.15, 0.2) is 16.3 Å². The second-order valence-electron chi connectivity index (χ2n) is 9.11. The van der Waals surface area contributed by atoms with Crippen LogP contribution in [0.2, 0.25) is 5.02 Å². The number of nitrogens with zero attached hydrogens (tertiary/aromatic N) is 2. The molecule has 0 radical (unpaired) electrons. The number of hydrogen-bond acceptors (Lipinski definition) is 7. The molecular formula is C31H26BrClN2O5S. The molecule has 7 nitrogen and oxygen atoms in total. The zero-order valence-corrected chi connectivity index (χ0v) is 25.7. The number of methoxy groups -OCH3 is 2. The topological polar surface area (TPSA) is 79.1 Å². The Morgan fingerprint density at radius 1 is 1.12 bits per heavy atom. The minimum Gasteiger partial charge on any atom is -0.493 e. The minimum atomic E-state index is -0.654. The lowest BCUT2D eigenvalue weighted by molar-refractivity contribution is -0.136. The van der Waals surface area contributed by atoms with Gasteiger partial charge in [0, 0.05) is 10.6 Å². The highest BCUT2D eigenvalue weighted by atomic mass is 79.9. The highest BCUT2D eigenvalue weighted by Gasteiger charge is 2.33. The van der Waals surface area contributed by atoms with Gasteiger partial charge in [-0.2, -0.15) is 0 Å². The van der Waals surface area contributed by atoms with E-state index in [2.05, 4.69) is 15.9 Å². The molecule has 1 aliphatic rings. The summed E-state index contributed by atoms with van der Waals surface area (Å²) >= 11 is 11.1. The van der Waals surface area contributed by atoms with Crippen LogP contribution in [0.1, 0.15) is 36.1 Å². The lowest BCUT2D eigenvalue weighted by atomic mass is 9.95. The van der Waals surface area contributed by atoms with E-state index in [-0.39, 0.29) is 12.2 Å². The molecule has 0 saturated heterocycles. The third-order valence-corrected chi connectivity index (χ3v) is 8.59. The fourth-order valence-electron chi connectivity index (χ4n) is 4.69. The van der Waals surface area contributed by atoms with Gasteiger partial charge in [0.1, 0.15) is 6.61 Å². The summed E-state index contributed by atoms with van der Waals surface area (Å²) in [6, 6.07) is 19.9. The van der Waals surface area contributed by atoms with Crippen molar-refractivity contribution in [1.29, 1.82) is 0 Å². The van der Waals surface area contributed by atoms with E-state index in [0.717, 1.165) is 16.7 Å². The molecule has 1 aliphatic heterocycles. The highest BCUT2D eigenvalue weighted by molar-refractivity contribution is 9.10. The number of thiazole rings is 1. The molecule has 0 bridgehead atoms. The third kappa shape index (κ3) is 5.75. The van der Waals surface area contributed by atoms with Crippen LogP contribution in [-0.2, 0) is 16.1 Å². The van der Waals surface area contributed by atoms with E-state index < -0.39 is 12.0 Å². The number of halogens is 2. The van der Waals surface area contributed by atoms with E-state index in [4.69, 9.17) is 30.8 Å². The van der Waals surface area contributed by atoms with Crippen LogP contribution in [0.15, 0.2) is 92.3 Å². The van der Waals surface area contributed by atoms with Crippen molar-refractivity contribution >= 4 is 50.9 Å². The van der Waals surface area contributed by atoms with Crippen molar-refractivity contribution in [1.82, 2.24) is 4.57 Å². The number of aromatic nitrogens is 1. The van der Waals surface area contributed by atoms with Crippen LogP contribution in [0.5, 0.6) is 11.5 Å². The molecule has 41 heavy (non-hydrogen) atoms. The second kappa shape index (κ2) is 12.5. The Balaban J connectivity index is 1.59. The van der Waals surface area contributed by atoms with Crippen molar-refractivity contribution in [2.75, 3.05) is 14.2 Å². The Morgan fingerprint density at radius 3 is 2.54 bits per heavy atom. The smallest absolute Gasteiger partial charge is 0.338 e. The van der Waals surface area contributed by atoms with E-state index in [9.17, 15) is 9.59 Å². The lowest BCUT2D eigenvalue weighted by Crippen LogP contribution is -2.40. The van der Waals surface area contributed by atoms with Crippen molar-refractivity contribution < 1.29 is 19.0 Å². The molecule has 4 aromatic rings. The van der Waals surface area contributed by atoms with Crippen LogP contribution in [0.25, 0.3) is 6.08 Å². The first kappa shape index (κ1) is 28.9. The van der Waals surface area contributed by atoms with Crippen LogP contribution in [-0.4, -0.2) is 24.8 Å². The van der Waals surface area contributed by atoms with Gasteiger partial charge in [-0.1, -0.05) is 78.4 Å². The van der Waals surface area contributed by atoms with Gasteiger partial charge < -0.3 is 14.2 Å². The SMILES string of the molecule is CCC1=C(C(=O)OC)[C@@H](c2ccccc2)n2c(s/c(=C/c3cc(Br)c(OCc4ccccc4Cl)c(OC)c3)c2=O)=N1. The standard InChI is InChI=1S/C31H26BrClN2O5S/c1-4-23-26(30(37)39-3)27(19-10-6-5-7-11-19)35-29(36)25(41-31(35)34-23)16-18-14-21(32)28(24(15-18)38-2)40-17-20-12-8-9-13-22(20)33/h5-16,27H,4,17H2,1-3H3/b25-16+/t27-/m1/s1. The van der Waals surface area contributed by atoms with E-state index in [0.29, 0.717) is 48.0 Å². The zero-order chi connectivity index (χ0) is 29.1. The van der Waals surface area contributed by atoms with Gasteiger partial charge in [0.2, 0.25) is 0 Å². The third-order valence-electron chi connectivity index (χ3n) is 6.64. The van der Waals surface area contributed by atoms with Crippen molar-refractivity contribution in [3.63, 3.8) is 0 Å². The van der Waals surface area contributed by atoms with E-state index in [1.165, 1.54) is 18.4 Å². The molecule has 0 unspecified atom stereocenters. The fraction of sp³-hybridized carbons (Fsp3) is 0.194. The van der Waals surface area contributed by atoms with Gasteiger partial charge in [0.05, 0.1) is 40.5 Å². The minimum absolute atomic E-state index is 0.256. The number of fused-ring (bicyclic) bond motifs is 1. The number of allylic oxidation sites excluding steroid dienone is 1. The molecule has 0 N–H and O–H groups in total. The molecule has 0 spiro atoms. The lowest BCUT2D eigenvalue weighted by Gasteiger charge is -2.25. The zero-order valence-electron chi connectivity index (χ0n) is 22.5. The maximum atomic E-state index is 13.9. The first-order valence-corrected chi connectivity index (χ1v) is 14.8. The predicted octanol–water partition coefficient (Wildman–Crippen LogP) is 5.80. The summed E-state index contributed by atoms with van der Waals surface area (Å²) in [5.41, 5.74) is 3.08. The number of esters is 1. The first-order valence-electron chi connectivity index (χ1n) is 12.8. The highest BCUT2D eigenvalue weighted by Crippen LogP contribution is 2.38. The van der Waals surface area contributed by atoms with Gasteiger partial charge >= 0.3 is 5.97 Å². The van der Waals surface area contributed by atoms with Crippen molar-refractivity contribution in [3.05, 3.63) is 124 Å². The molecule has 5 rings (SSSR count). The molecule has 1 aromatic heterocycles. The molecule has 10 heteroatoms. The summed E-state index contributed by atoms with van der Waals surface area (Å²) in [5, 5.41) is 0.616. The van der Waals surface area contributed by atoms with Crippen LogP contribution in [0.4, 0.5) is 0 Å². The predicted molar refractivity (Wildman–Crippen MR) is 163 cm³/mol. The van der Waals surface area contributed by atoms with Crippen molar-refractivity contribution in [3.8, 4) is 11.5 Å². The summed E-state index contributed by atoms with van der Waals surface area (Å²) in [6.07, 6.45) is 2.29. The molecule has 3 aromatic carbocycles. The van der Waals surface area contributed by atoms with Gasteiger partial charge in [0.25, 0.3) is 5.56 Å². The molecular weight excluding hydrogens is 628 g/mol. The molecule has 2 heterocycles. The molecule has 1 atom stereocenters. The number of hydrogen-bond donors (Lipinski definition) is 0. The second-order valence-corrected chi connectivity index (χ2v) is 11.4. The van der Waals surface area contributed by atoms with Crippen LogP contribution in [0, 0.1) is 0 Å². The number of benzene rings is 3. The summed E-state index contributed by atoms with van der Waals surface area (Å²) in [5.74, 6) is 0.508. The van der Waals surface area contributed by atoms with Crippen molar-refractivity contribution in [2.24, 2.45) is 4.99 Å². The van der Waals surface area contributed by atoms with Gasteiger partial charge in [-0.25, -0.2) is 9.79 Å². The maximum absolute atomic E-state index is 13.9. The van der Waals surface area contributed by atoms with Gasteiger partial charge in [-0.05, 0) is 57.8 Å².